The summed E-state index contributed by atoms with van der Waals surface area (Å²) in [7, 11) is 1.45. The number of amides is 1. The van der Waals surface area contributed by atoms with Crippen molar-refractivity contribution >= 4 is 17.1 Å². The second kappa shape index (κ2) is 8.06. The first kappa shape index (κ1) is 20.6. The highest BCUT2D eigenvalue weighted by Crippen LogP contribution is 2.24. The Kier molecular flexibility index (Phi) is 5.72. The largest absolute Gasteiger partial charge is 0.497 e. The predicted octanol–water partition coefficient (Wildman–Crippen LogP) is 4.66. The summed E-state index contributed by atoms with van der Waals surface area (Å²) >= 11 is 0. The molecule has 0 saturated heterocycles. The molecule has 1 aromatic heterocycles. The van der Waals surface area contributed by atoms with Crippen LogP contribution in [-0.4, -0.2) is 28.8 Å². The van der Waals surface area contributed by atoms with E-state index in [1.165, 1.54) is 31.4 Å². The van der Waals surface area contributed by atoms with Crippen LogP contribution >= 0.6 is 0 Å². The van der Waals surface area contributed by atoms with Crippen LogP contribution in [0, 0.1) is 11.6 Å². The maximum absolute atomic E-state index is 14.5. The molecule has 2 aromatic carbocycles. The molecule has 0 spiro atoms. The number of imidazole rings is 1. The Balaban J connectivity index is 1.93. The summed E-state index contributed by atoms with van der Waals surface area (Å²) in [6, 6.07) is 7.91. The fraction of sp³-hybridized carbons (Fsp3) is 0.333. The van der Waals surface area contributed by atoms with Gasteiger partial charge in [0, 0.05) is 12.5 Å². The third-order valence-corrected chi connectivity index (χ3v) is 4.17. The van der Waals surface area contributed by atoms with Gasteiger partial charge in [0.05, 0.1) is 24.2 Å². The molecule has 0 aliphatic carbocycles. The van der Waals surface area contributed by atoms with E-state index in [-0.39, 0.29) is 6.42 Å². The molecule has 3 rings (SSSR count). The van der Waals surface area contributed by atoms with Gasteiger partial charge in [0.15, 0.2) is 0 Å². The SMILES string of the molecule is COc1ccc(CC(NC(=O)OC(C)(C)C)c2nc3ccc(F)cc3[nH]2)c(F)c1. The molecule has 8 heteroatoms. The number of rotatable bonds is 5. The average Bonchev–Trinajstić information content (AvgIpc) is 3.04. The molecular formula is C21H23F2N3O3. The van der Waals surface area contributed by atoms with Gasteiger partial charge in [-0.15, -0.1) is 0 Å². The van der Waals surface area contributed by atoms with Crippen LogP contribution in [0.3, 0.4) is 0 Å². The zero-order chi connectivity index (χ0) is 21.2. The van der Waals surface area contributed by atoms with Crippen molar-refractivity contribution in [1.82, 2.24) is 15.3 Å². The first-order valence-corrected chi connectivity index (χ1v) is 9.12. The van der Waals surface area contributed by atoms with Crippen LogP contribution < -0.4 is 10.1 Å². The number of benzene rings is 2. The van der Waals surface area contributed by atoms with E-state index >= 15 is 0 Å². The van der Waals surface area contributed by atoms with Crippen LogP contribution in [0.25, 0.3) is 11.0 Å². The summed E-state index contributed by atoms with van der Waals surface area (Å²) < 4.78 is 38.3. The molecule has 6 nitrogen and oxygen atoms in total. The monoisotopic (exact) mass is 403 g/mol. The maximum atomic E-state index is 14.5. The number of aromatic amines is 1. The van der Waals surface area contributed by atoms with Gasteiger partial charge >= 0.3 is 6.09 Å². The van der Waals surface area contributed by atoms with Crippen LogP contribution in [0.4, 0.5) is 13.6 Å². The van der Waals surface area contributed by atoms with Gasteiger partial charge in [-0.2, -0.15) is 0 Å². The summed E-state index contributed by atoms with van der Waals surface area (Å²) in [6.07, 6.45) is -0.555. The minimum Gasteiger partial charge on any atom is -0.497 e. The molecule has 0 bridgehead atoms. The van der Waals surface area contributed by atoms with Gasteiger partial charge in [-0.25, -0.2) is 18.6 Å². The van der Waals surface area contributed by atoms with Gasteiger partial charge < -0.3 is 19.8 Å². The Hall–Kier alpha value is -3.16. The van der Waals surface area contributed by atoms with E-state index < -0.39 is 29.4 Å². The number of fused-ring (bicyclic) bond motifs is 1. The van der Waals surface area contributed by atoms with Gasteiger partial charge in [-0.05, 0) is 50.6 Å². The van der Waals surface area contributed by atoms with E-state index in [1.807, 2.05) is 0 Å². The number of halogens is 2. The third kappa shape index (κ3) is 5.22. The fourth-order valence-electron chi connectivity index (χ4n) is 2.87. The number of methoxy groups -OCH3 is 1. The molecule has 1 unspecified atom stereocenters. The number of hydrogen-bond acceptors (Lipinski definition) is 4. The van der Waals surface area contributed by atoms with Crippen LogP contribution in [0.2, 0.25) is 0 Å². The highest BCUT2D eigenvalue weighted by molar-refractivity contribution is 5.75. The van der Waals surface area contributed by atoms with Crippen LogP contribution in [-0.2, 0) is 11.2 Å². The normalized spacial score (nSPS) is 12.6. The Morgan fingerprint density at radius 1 is 1.21 bits per heavy atom. The van der Waals surface area contributed by atoms with E-state index in [2.05, 4.69) is 15.3 Å². The smallest absolute Gasteiger partial charge is 0.408 e. The molecule has 1 atom stereocenters. The summed E-state index contributed by atoms with van der Waals surface area (Å²) in [5.41, 5.74) is 0.675. The minimum atomic E-state index is -0.719. The summed E-state index contributed by atoms with van der Waals surface area (Å²) in [4.78, 5) is 19.8. The van der Waals surface area contributed by atoms with Crippen molar-refractivity contribution in [3.63, 3.8) is 0 Å². The number of aromatic nitrogens is 2. The third-order valence-electron chi connectivity index (χ3n) is 4.17. The van der Waals surface area contributed by atoms with E-state index in [0.29, 0.717) is 28.2 Å². The Labute approximate surface area is 167 Å². The number of hydrogen-bond donors (Lipinski definition) is 2. The highest BCUT2D eigenvalue weighted by atomic mass is 19.1. The summed E-state index contributed by atoms with van der Waals surface area (Å²) in [6.45, 7) is 5.23. The molecule has 0 aliphatic rings. The molecule has 0 saturated carbocycles. The predicted molar refractivity (Wildman–Crippen MR) is 105 cm³/mol. The van der Waals surface area contributed by atoms with Crippen molar-refractivity contribution in [3.8, 4) is 5.75 Å². The van der Waals surface area contributed by atoms with Gasteiger partial charge in [0.1, 0.15) is 28.8 Å². The van der Waals surface area contributed by atoms with Crippen LogP contribution in [0.15, 0.2) is 36.4 Å². The van der Waals surface area contributed by atoms with Gasteiger partial charge in [0.2, 0.25) is 0 Å². The Bertz CT molecular complexity index is 1030. The standard InChI is InChI=1S/C21H23F2N3O3/c1-21(2,3)29-20(27)26-18(9-12-5-7-14(28-4)11-15(12)23)19-24-16-8-6-13(22)10-17(16)25-19/h5-8,10-11,18H,9H2,1-4H3,(H,24,25)(H,26,27). The van der Waals surface area contributed by atoms with E-state index in [0.717, 1.165) is 0 Å². The highest BCUT2D eigenvalue weighted by Gasteiger charge is 2.24. The second-order valence-electron chi connectivity index (χ2n) is 7.64. The number of carbonyl (C=O) groups is 1. The molecule has 29 heavy (non-hydrogen) atoms. The first-order chi connectivity index (χ1) is 13.6. The van der Waals surface area contributed by atoms with Crippen LogP contribution in [0.1, 0.15) is 38.2 Å². The number of H-pyrrole nitrogens is 1. The number of alkyl carbamates (subject to hydrolysis) is 1. The number of nitrogens with zero attached hydrogens (tertiary/aromatic N) is 1. The summed E-state index contributed by atoms with van der Waals surface area (Å²) in [5, 5.41) is 2.72. The fourth-order valence-corrected chi connectivity index (χ4v) is 2.87. The molecular weight excluding hydrogens is 380 g/mol. The molecule has 154 valence electrons. The van der Waals surface area contributed by atoms with E-state index in [1.54, 1.807) is 32.9 Å². The lowest BCUT2D eigenvalue weighted by atomic mass is 10.0. The molecule has 0 radical (unpaired) electrons. The zero-order valence-corrected chi connectivity index (χ0v) is 16.7. The number of nitrogens with one attached hydrogen (secondary N) is 2. The molecule has 1 heterocycles. The van der Waals surface area contributed by atoms with Crippen molar-refractivity contribution in [2.45, 2.75) is 38.8 Å². The Morgan fingerprint density at radius 2 is 1.97 bits per heavy atom. The van der Waals surface area contributed by atoms with Crippen molar-refractivity contribution in [2.24, 2.45) is 0 Å². The van der Waals surface area contributed by atoms with Crippen molar-refractivity contribution < 1.29 is 23.0 Å². The lowest BCUT2D eigenvalue weighted by molar-refractivity contribution is 0.0501. The minimum absolute atomic E-state index is 0.109. The molecule has 1 amide bonds. The Morgan fingerprint density at radius 3 is 2.62 bits per heavy atom. The second-order valence-corrected chi connectivity index (χ2v) is 7.64. The van der Waals surface area contributed by atoms with E-state index in [9.17, 15) is 13.6 Å². The van der Waals surface area contributed by atoms with Gasteiger partial charge in [0.25, 0.3) is 0 Å². The van der Waals surface area contributed by atoms with Crippen LogP contribution in [0.5, 0.6) is 5.75 Å². The average molecular weight is 403 g/mol. The van der Waals surface area contributed by atoms with Crippen molar-refractivity contribution in [3.05, 3.63) is 59.4 Å². The quantitative estimate of drug-likeness (QED) is 0.650. The molecule has 0 aliphatic heterocycles. The maximum Gasteiger partial charge on any atom is 0.408 e. The zero-order valence-electron chi connectivity index (χ0n) is 16.7. The molecule has 2 N–H and O–H groups in total. The number of ether oxygens (including phenoxy) is 2. The summed E-state index contributed by atoms with van der Waals surface area (Å²) in [5.74, 6) is -0.123. The van der Waals surface area contributed by atoms with Crippen molar-refractivity contribution in [2.75, 3.05) is 7.11 Å². The molecule has 0 fully saturated rings. The number of carbonyl (C=O) groups excluding carboxylic acids is 1. The lowest BCUT2D eigenvalue weighted by Crippen LogP contribution is -2.36. The van der Waals surface area contributed by atoms with E-state index in [4.69, 9.17) is 9.47 Å². The lowest BCUT2D eigenvalue weighted by Gasteiger charge is -2.23. The first-order valence-electron chi connectivity index (χ1n) is 9.12. The molecule has 3 aromatic rings. The topological polar surface area (TPSA) is 76.2 Å². The van der Waals surface area contributed by atoms with Gasteiger partial charge in [-0.3, -0.25) is 0 Å². The van der Waals surface area contributed by atoms with Gasteiger partial charge in [-0.1, -0.05) is 6.07 Å². The van der Waals surface area contributed by atoms with Crippen molar-refractivity contribution in [1.29, 1.82) is 0 Å².